The van der Waals surface area contributed by atoms with E-state index in [4.69, 9.17) is 4.42 Å². The Morgan fingerprint density at radius 1 is 1.44 bits per heavy atom. The van der Waals surface area contributed by atoms with E-state index in [0.29, 0.717) is 0 Å². The first-order chi connectivity index (χ1) is 8.69. The maximum absolute atomic E-state index is 5.73. The molecule has 0 aromatic carbocycles. The molecule has 98 valence electrons. The molecule has 0 radical (unpaired) electrons. The lowest BCUT2D eigenvalue weighted by Gasteiger charge is -2.15. The first kappa shape index (κ1) is 12.9. The van der Waals surface area contributed by atoms with E-state index in [2.05, 4.69) is 29.6 Å². The number of rotatable bonds is 6. The number of hydrogen-bond donors (Lipinski definition) is 1. The minimum Gasteiger partial charge on any atom is -0.465 e. The van der Waals surface area contributed by atoms with Crippen LogP contribution in [0.25, 0.3) is 0 Å². The van der Waals surface area contributed by atoms with E-state index in [1.54, 1.807) is 0 Å². The maximum Gasteiger partial charge on any atom is 0.121 e. The molecular formula is C14H21N3O. The Bertz CT molecular complexity index is 487. The summed E-state index contributed by atoms with van der Waals surface area (Å²) in [5.41, 5.74) is 1.22. The standard InChI is InChI=1S/C14H21N3O/c1-4-7-15-13(14-6-5-11(2)18-14)8-12-9-16-17(3)10-12/h5-6,9-10,13,15H,4,7-8H2,1-3H3. The van der Waals surface area contributed by atoms with Crippen molar-refractivity contribution in [2.75, 3.05) is 6.54 Å². The van der Waals surface area contributed by atoms with Gasteiger partial charge in [-0.3, -0.25) is 4.68 Å². The van der Waals surface area contributed by atoms with E-state index >= 15 is 0 Å². The van der Waals surface area contributed by atoms with E-state index in [9.17, 15) is 0 Å². The molecule has 1 unspecified atom stereocenters. The summed E-state index contributed by atoms with van der Waals surface area (Å²) < 4.78 is 7.56. The lowest BCUT2D eigenvalue weighted by molar-refractivity contribution is 0.398. The van der Waals surface area contributed by atoms with Crippen molar-refractivity contribution in [1.82, 2.24) is 15.1 Å². The van der Waals surface area contributed by atoms with Gasteiger partial charge in [0.2, 0.25) is 0 Å². The first-order valence-electron chi connectivity index (χ1n) is 6.46. The van der Waals surface area contributed by atoms with Crippen molar-refractivity contribution in [2.24, 2.45) is 7.05 Å². The second-order valence-electron chi connectivity index (χ2n) is 4.68. The van der Waals surface area contributed by atoms with Gasteiger partial charge in [-0.05, 0) is 44.0 Å². The number of aromatic nitrogens is 2. The predicted octanol–water partition coefficient (Wildman–Crippen LogP) is 2.60. The third-order valence-corrected chi connectivity index (χ3v) is 2.94. The molecular weight excluding hydrogens is 226 g/mol. The SMILES string of the molecule is CCCNC(Cc1cnn(C)c1)c1ccc(C)o1. The van der Waals surface area contributed by atoms with Crippen LogP contribution in [0.3, 0.4) is 0 Å². The molecule has 0 saturated heterocycles. The van der Waals surface area contributed by atoms with Crippen LogP contribution in [0, 0.1) is 6.92 Å². The molecule has 0 saturated carbocycles. The Morgan fingerprint density at radius 2 is 2.28 bits per heavy atom. The maximum atomic E-state index is 5.73. The summed E-state index contributed by atoms with van der Waals surface area (Å²) in [6, 6.07) is 4.29. The van der Waals surface area contributed by atoms with Gasteiger partial charge in [-0.25, -0.2) is 0 Å². The highest BCUT2D eigenvalue weighted by atomic mass is 16.3. The van der Waals surface area contributed by atoms with E-state index in [-0.39, 0.29) is 6.04 Å². The van der Waals surface area contributed by atoms with E-state index < -0.39 is 0 Å². The topological polar surface area (TPSA) is 43.0 Å². The van der Waals surface area contributed by atoms with E-state index in [0.717, 1.165) is 30.9 Å². The van der Waals surface area contributed by atoms with Crippen LogP contribution < -0.4 is 5.32 Å². The summed E-state index contributed by atoms with van der Waals surface area (Å²) in [4.78, 5) is 0. The molecule has 0 amide bonds. The fraction of sp³-hybridized carbons (Fsp3) is 0.500. The largest absolute Gasteiger partial charge is 0.465 e. The van der Waals surface area contributed by atoms with Crippen molar-refractivity contribution < 1.29 is 4.42 Å². The van der Waals surface area contributed by atoms with Crippen molar-refractivity contribution in [3.8, 4) is 0 Å². The summed E-state index contributed by atoms with van der Waals surface area (Å²) in [5, 5.41) is 7.73. The second-order valence-corrected chi connectivity index (χ2v) is 4.68. The number of hydrogen-bond acceptors (Lipinski definition) is 3. The number of nitrogens with zero attached hydrogens (tertiary/aromatic N) is 2. The van der Waals surface area contributed by atoms with E-state index in [1.807, 2.05) is 30.9 Å². The fourth-order valence-corrected chi connectivity index (χ4v) is 2.05. The molecule has 2 heterocycles. The average molecular weight is 247 g/mol. The Balaban J connectivity index is 2.09. The molecule has 2 aromatic rings. The van der Waals surface area contributed by atoms with Gasteiger partial charge in [0.1, 0.15) is 11.5 Å². The summed E-state index contributed by atoms with van der Waals surface area (Å²) in [7, 11) is 1.94. The second kappa shape index (κ2) is 5.87. The molecule has 2 rings (SSSR count). The lowest BCUT2D eigenvalue weighted by Crippen LogP contribution is -2.23. The Hall–Kier alpha value is -1.55. The molecule has 1 atom stereocenters. The van der Waals surface area contributed by atoms with E-state index in [1.165, 1.54) is 5.56 Å². The number of aryl methyl sites for hydroxylation is 2. The lowest BCUT2D eigenvalue weighted by atomic mass is 10.1. The van der Waals surface area contributed by atoms with Crippen LogP contribution >= 0.6 is 0 Å². The highest BCUT2D eigenvalue weighted by Gasteiger charge is 2.15. The van der Waals surface area contributed by atoms with Crippen LogP contribution in [0.2, 0.25) is 0 Å². The third-order valence-electron chi connectivity index (χ3n) is 2.94. The van der Waals surface area contributed by atoms with Crippen LogP contribution in [0.15, 0.2) is 28.9 Å². The van der Waals surface area contributed by atoms with Crippen LogP contribution in [-0.4, -0.2) is 16.3 Å². The third kappa shape index (κ3) is 3.23. The first-order valence-corrected chi connectivity index (χ1v) is 6.46. The van der Waals surface area contributed by atoms with Gasteiger partial charge in [-0.2, -0.15) is 5.10 Å². The number of furan rings is 1. The zero-order valence-corrected chi connectivity index (χ0v) is 11.3. The summed E-state index contributed by atoms with van der Waals surface area (Å²) >= 11 is 0. The van der Waals surface area contributed by atoms with Crippen molar-refractivity contribution >= 4 is 0 Å². The molecule has 1 N–H and O–H groups in total. The zero-order valence-electron chi connectivity index (χ0n) is 11.3. The quantitative estimate of drug-likeness (QED) is 0.853. The molecule has 0 aliphatic heterocycles. The van der Waals surface area contributed by atoms with Crippen LogP contribution in [0.5, 0.6) is 0 Å². The average Bonchev–Trinajstić information content (AvgIpc) is 2.93. The molecule has 0 bridgehead atoms. The fourth-order valence-electron chi connectivity index (χ4n) is 2.05. The minimum atomic E-state index is 0.225. The van der Waals surface area contributed by atoms with Crippen molar-refractivity contribution in [3.63, 3.8) is 0 Å². The predicted molar refractivity (Wildman–Crippen MR) is 71.4 cm³/mol. The molecule has 4 nitrogen and oxygen atoms in total. The molecule has 0 spiro atoms. The van der Waals surface area contributed by atoms with Gasteiger partial charge in [0.15, 0.2) is 0 Å². The normalized spacial score (nSPS) is 12.8. The highest BCUT2D eigenvalue weighted by molar-refractivity contribution is 5.14. The minimum absolute atomic E-state index is 0.225. The Labute approximate surface area is 108 Å². The molecule has 0 fully saturated rings. The van der Waals surface area contributed by atoms with Gasteiger partial charge >= 0.3 is 0 Å². The summed E-state index contributed by atoms with van der Waals surface area (Å²) in [6.45, 7) is 5.14. The van der Waals surface area contributed by atoms with Crippen LogP contribution in [0.4, 0.5) is 0 Å². The number of nitrogens with one attached hydrogen (secondary N) is 1. The Morgan fingerprint density at radius 3 is 2.83 bits per heavy atom. The monoisotopic (exact) mass is 247 g/mol. The van der Waals surface area contributed by atoms with Gasteiger partial charge < -0.3 is 9.73 Å². The van der Waals surface area contributed by atoms with Gasteiger partial charge in [-0.1, -0.05) is 6.92 Å². The van der Waals surface area contributed by atoms with Crippen LogP contribution in [-0.2, 0) is 13.5 Å². The van der Waals surface area contributed by atoms with Gasteiger partial charge in [0.05, 0.1) is 12.2 Å². The van der Waals surface area contributed by atoms with Gasteiger partial charge in [0.25, 0.3) is 0 Å². The molecule has 0 aliphatic carbocycles. The van der Waals surface area contributed by atoms with Crippen molar-refractivity contribution in [1.29, 1.82) is 0 Å². The van der Waals surface area contributed by atoms with Gasteiger partial charge in [0, 0.05) is 13.2 Å². The summed E-state index contributed by atoms with van der Waals surface area (Å²) in [6.07, 6.45) is 5.98. The highest BCUT2D eigenvalue weighted by Crippen LogP contribution is 2.20. The molecule has 2 aromatic heterocycles. The smallest absolute Gasteiger partial charge is 0.121 e. The van der Waals surface area contributed by atoms with Crippen molar-refractivity contribution in [2.45, 2.75) is 32.7 Å². The molecule has 0 aliphatic rings. The Kier molecular flexibility index (Phi) is 4.20. The molecule has 18 heavy (non-hydrogen) atoms. The summed E-state index contributed by atoms with van der Waals surface area (Å²) in [5.74, 6) is 1.96. The molecule has 4 heteroatoms. The zero-order chi connectivity index (χ0) is 13.0. The van der Waals surface area contributed by atoms with Crippen molar-refractivity contribution in [3.05, 3.63) is 41.6 Å². The van der Waals surface area contributed by atoms with Crippen LogP contribution in [0.1, 0.15) is 36.5 Å². The van der Waals surface area contributed by atoms with Gasteiger partial charge in [-0.15, -0.1) is 0 Å².